The maximum Gasteiger partial charge on any atom is 0.410 e. The molecule has 1 N–H and O–H groups in total. The Hall–Kier alpha value is -3.32. The largest absolute Gasteiger partial charge is 0.465 e. The zero-order valence-electron chi connectivity index (χ0n) is 18.7. The lowest BCUT2D eigenvalue weighted by molar-refractivity contribution is 0.0606. The number of nitrogens with one attached hydrogen (secondary N) is 1. The van der Waals surface area contributed by atoms with Gasteiger partial charge in [-0.05, 0) is 36.0 Å². The number of rotatable bonds is 7. The number of ether oxygens (including phenoxy) is 2. The van der Waals surface area contributed by atoms with Gasteiger partial charge in [-0.2, -0.15) is 0 Å². The van der Waals surface area contributed by atoms with Gasteiger partial charge in [-0.15, -0.1) is 11.3 Å². The Kier molecular flexibility index (Phi) is 7.62. The number of carbonyl (C=O) groups is 2. The van der Waals surface area contributed by atoms with E-state index in [1.807, 2.05) is 66.7 Å². The topological polar surface area (TPSA) is 67.9 Å². The molecule has 0 unspecified atom stereocenters. The molecule has 2 heterocycles. The minimum atomic E-state index is -0.333. The summed E-state index contributed by atoms with van der Waals surface area (Å²) in [7, 11) is 1.40. The Morgan fingerprint density at radius 2 is 1.70 bits per heavy atom. The maximum absolute atomic E-state index is 12.4. The van der Waals surface area contributed by atoms with E-state index in [-0.39, 0.29) is 12.1 Å². The highest BCUT2D eigenvalue weighted by molar-refractivity contribution is 7.18. The number of nitrogens with zero attached hydrogens (tertiary/aromatic N) is 1. The number of methoxy groups -OCH3 is 1. The Morgan fingerprint density at radius 1 is 1.03 bits per heavy atom. The van der Waals surface area contributed by atoms with Gasteiger partial charge < -0.3 is 19.7 Å². The van der Waals surface area contributed by atoms with Crippen LogP contribution in [0, 0.1) is 5.92 Å². The second-order valence-electron chi connectivity index (χ2n) is 8.06. The third-order valence-electron chi connectivity index (χ3n) is 5.82. The highest BCUT2D eigenvalue weighted by atomic mass is 32.1. The minimum Gasteiger partial charge on any atom is -0.465 e. The second kappa shape index (κ2) is 11.0. The van der Waals surface area contributed by atoms with E-state index in [2.05, 4.69) is 5.32 Å². The van der Waals surface area contributed by atoms with E-state index in [9.17, 15) is 9.59 Å². The Labute approximate surface area is 198 Å². The van der Waals surface area contributed by atoms with Gasteiger partial charge in [0.2, 0.25) is 0 Å². The number of hydrogen-bond donors (Lipinski definition) is 1. The van der Waals surface area contributed by atoms with E-state index in [0.717, 1.165) is 41.1 Å². The molecule has 3 aromatic rings. The van der Waals surface area contributed by atoms with E-state index in [1.54, 1.807) is 4.90 Å². The molecule has 1 fully saturated rings. The molecule has 0 bridgehead atoms. The van der Waals surface area contributed by atoms with E-state index >= 15 is 0 Å². The fourth-order valence-electron chi connectivity index (χ4n) is 3.90. The number of hydrogen-bond acceptors (Lipinski definition) is 6. The maximum atomic E-state index is 12.4. The molecule has 0 radical (unpaired) electrons. The highest BCUT2D eigenvalue weighted by Gasteiger charge is 2.25. The van der Waals surface area contributed by atoms with Crippen molar-refractivity contribution in [1.29, 1.82) is 0 Å². The molecule has 1 aliphatic heterocycles. The molecule has 0 atom stereocenters. The van der Waals surface area contributed by atoms with E-state index in [4.69, 9.17) is 9.47 Å². The van der Waals surface area contributed by atoms with Crippen molar-refractivity contribution >= 4 is 29.1 Å². The first-order chi connectivity index (χ1) is 16.1. The van der Waals surface area contributed by atoms with Gasteiger partial charge in [0, 0.05) is 24.5 Å². The fraction of sp³-hybridized carbons (Fsp3) is 0.308. The van der Waals surface area contributed by atoms with Gasteiger partial charge in [0.25, 0.3) is 0 Å². The van der Waals surface area contributed by atoms with Crippen LogP contribution in [0.5, 0.6) is 0 Å². The lowest BCUT2D eigenvalue weighted by Crippen LogP contribution is -2.40. The van der Waals surface area contributed by atoms with Gasteiger partial charge in [-0.25, -0.2) is 9.59 Å². The number of piperidine rings is 1. The first kappa shape index (κ1) is 22.9. The molecular weight excluding hydrogens is 436 g/mol. The van der Waals surface area contributed by atoms with Crippen LogP contribution in [0.4, 0.5) is 10.5 Å². The lowest BCUT2D eigenvalue weighted by Gasteiger charge is -2.31. The van der Waals surface area contributed by atoms with Crippen LogP contribution in [0.25, 0.3) is 10.4 Å². The van der Waals surface area contributed by atoms with Crippen LogP contribution in [0.3, 0.4) is 0 Å². The number of carbonyl (C=O) groups excluding carboxylic acids is 2. The van der Waals surface area contributed by atoms with Gasteiger partial charge in [0.1, 0.15) is 11.5 Å². The van der Waals surface area contributed by atoms with Crippen LogP contribution >= 0.6 is 11.3 Å². The SMILES string of the molecule is COC(=O)c1sc(-c2ccccc2)cc1NCC1CCN(C(=O)OCc2ccccc2)CC1. The summed E-state index contributed by atoms with van der Waals surface area (Å²) in [5, 5.41) is 3.45. The molecule has 1 amide bonds. The minimum absolute atomic E-state index is 0.261. The summed E-state index contributed by atoms with van der Waals surface area (Å²) < 4.78 is 10.4. The van der Waals surface area contributed by atoms with E-state index < -0.39 is 0 Å². The van der Waals surface area contributed by atoms with Gasteiger partial charge in [-0.1, -0.05) is 60.7 Å². The van der Waals surface area contributed by atoms with E-state index in [1.165, 1.54) is 18.4 Å². The zero-order chi connectivity index (χ0) is 23.0. The van der Waals surface area contributed by atoms with Gasteiger partial charge in [-0.3, -0.25) is 0 Å². The summed E-state index contributed by atoms with van der Waals surface area (Å²) in [5.41, 5.74) is 2.86. The third-order valence-corrected chi connectivity index (χ3v) is 6.98. The molecule has 4 rings (SSSR count). The molecule has 1 saturated heterocycles. The van der Waals surface area contributed by atoms with Crippen LogP contribution in [-0.2, 0) is 16.1 Å². The number of anilines is 1. The molecule has 0 aliphatic carbocycles. The normalized spacial score (nSPS) is 14.0. The Balaban J connectivity index is 1.30. The van der Waals surface area contributed by atoms with Crippen molar-refractivity contribution in [2.75, 3.05) is 32.1 Å². The number of thiophene rings is 1. The standard InChI is InChI=1S/C26H28N2O4S/c1-31-25(29)24-22(16-23(33-24)21-10-6-3-7-11-21)27-17-19-12-14-28(15-13-19)26(30)32-18-20-8-4-2-5-9-20/h2-11,16,19,27H,12-15,17-18H2,1H3. The van der Waals surface area contributed by atoms with Crippen molar-refractivity contribution in [2.24, 2.45) is 5.92 Å². The summed E-state index contributed by atoms with van der Waals surface area (Å²) in [6, 6.07) is 21.7. The zero-order valence-corrected chi connectivity index (χ0v) is 19.5. The summed E-state index contributed by atoms with van der Waals surface area (Å²) >= 11 is 1.43. The van der Waals surface area contributed by atoms with Crippen LogP contribution in [0.1, 0.15) is 28.1 Å². The summed E-state index contributed by atoms with van der Waals surface area (Å²) in [6.07, 6.45) is 1.51. The quantitative estimate of drug-likeness (QED) is 0.457. The third kappa shape index (κ3) is 5.93. The average Bonchev–Trinajstić information content (AvgIpc) is 3.31. The Morgan fingerprint density at radius 3 is 2.36 bits per heavy atom. The van der Waals surface area contributed by atoms with Gasteiger partial charge in [0.05, 0.1) is 12.8 Å². The first-order valence-electron chi connectivity index (χ1n) is 11.1. The lowest BCUT2D eigenvalue weighted by atomic mass is 9.97. The fourth-order valence-corrected chi connectivity index (χ4v) is 4.95. The van der Waals surface area contributed by atoms with Crippen LogP contribution < -0.4 is 5.32 Å². The number of amides is 1. The number of esters is 1. The van der Waals surface area contributed by atoms with Crippen molar-refractivity contribution in [3.05, 3.63) is 77.2 Å². The molecule has 1 aliphatic rings. The summed E-state index contributed by atoms with van der Waals surface area (Å²) in [4.78, 5) is 28.1. The van der Waals surface area contributed by atoms with Crippen molar-refractivity contribution in [3.63, 3.8) is 0 Å². The predicted octanol–water partition coefficient (Wildman–Crippen LogP) is 5.66. The van der Waals surface area contributed by atoms with Crippen molar-refractivity contribution in [3.8, 4) is 10.4 Å². The average molecular weight is 465 g/mol. The number of benzene rings is 2. The van der Waals surface area contributed by atoms with Gasteiger partial charge in [0.15, 0.2) is 0 Å². The smallest absolute Gasteiger partial charge is 0.410 e. The number of likely N-dealkylation sites (tertiary alicyclic amines) is 1. The molecule has 2 aromatic carbocycles. The Bertz CT molecular complexity index is 1060. The molecule has 1 aromatic heterocycles. The molecule has 0 spiro atoms. The monoisotopic (exact) mass is 464 g/mol. The molecule has 7 heteroatoms. The van der Waals surface area contributed by atoms with E-state index in [0.29, 0.717) is 30.5 Å². The van der Waals surface area contributed by atoms with Crippen LogP contribution in [0.15, 0.2) is 66.7 Å². The second-order valence-corrected chi connectivity index (χ2v) is 9.11. The molecule has 172 valence electrons. The molecule has 0 saturated carbocycles. The highest BCUT2D eigenvalue weighted by Crippen LogP contribution is 2.35. The summed E-state index contributed by atoms with van der Waals surface area (Å²) in [6.45, 7) is 2.37. The van der Waals surface area contributed by atoms with Crippen molar-refractivity contribution in [1.82, 2.24) is 4.90 Å². The van der Waals surface area contributed by atoms with Crippen molar-refractivity contribution in [2.45, 2.75) is 19.4 Å². The van der Waals surface area contributed by atoms with Crippen molar-refractivity contribution < 1.29 is 19.1 Å². The summed E-state index contributed by atoms with van der Waals surface area (Å²) in [5.74, 6) is 0.0782. The molecule has 6 nitrogen and oxygen atoms in total. The first-order valence-corrected chi connectivity index (χ1v) is 11.9. The molecular formula is C26H28N2O4S. The van der Waals surface area contributed by atoms with Crippen LogP contribution in [0.2, 0.25) is 0 Å². The predicted molar refractivity (Wildman–Crippen MR) is 131 cm³/mol. The van der Waals surface area contributed by atoms with Gasteiger partial charge >= 0.3 is 12.1 Å². The molecule has 33 heavy (non-hydrogen) atoms. The van der Waals surface area contributed by atoms with Crippen LogP contribution in [-0.4, -0.2) is 43.7 Å².